The summed E-state index contributed by atoms with van der Waals surface area (Å²) in [7, 11) is 0. The van der Waals surface area contributed by atoms with Gasteiger partial charge in [-0.2, -0.15) is 0 Å². The van der Waals surface area contributed by atoms with Crippen LogP contribution in [0, 0.1) is 0 Å². The fraction of sp³-hybridized carbons (Fsp3) is 0.0656. The van der Waals surface area contributed by atoms with E-state index in [4.69, 9.17) is 15.0 Å². The average molecular weight is 848 g/mol. The molecule has 12 aromatic rings. The van der Waals surface area contributed by atoms with E-state index in [1.54, 1.807) is 0 Å². The van der Waals surface area contributed by atoms with Crippen molar-refractivity contribution in [2.24, 2.45) is 0 Å². The van der Waals surface area contributed by atoms with Gasteiger partial charge in [-0.05, 0) is 68.8 Å². The topological polar surface area (TPSA) is 48.5 Å². The van der Waals surface area contributed by atoms with Crippen molar-refractivity contribution in [3.05, 3.63) is 259 Å². The minimum atomic E-state index is 0.504. The Hall–Kier alpha value is -8.41. The lowest BCUT2D eigenvalue weighted by atomic mass is 9.93. The Morgan fingerprint density at radius 2 is 0.803 bits per heavy atom. The van der Waals surface area contributed by atoms with Crippen molar-refractivity contribution in [3.63, 3.8) is 0 Å². The molecule has 0 amide bonds. The van der Waals surface area contributed by atoms with Crippen LogP contribution >= 0.6 is 0 Å². The van der Waals surface area contributed by atoms with E-state index in [9.17, 15) is 0 Å². The van der Waals surface area contributed by atoms with E-state index < -0.39 is 0 Å². The third-order valence-corrected chi connectivity index (χ3v) is 13.0. The Morgan fingerprint density at radius 3 is 1.48 bits per heavy atom. The number of rotatable bonds is 11. The Morgan fingerprint density at radius 1 is 0.303 bits per heavy atom. The van der Waals surface area contributed by atoms with Crippen molar-refractivity contribution in [2.75, 3.05) is 0 Å². The highest BCUT2D eigenvalue weighted by Crippen LogP contribution is 2.37. The summed E-state index contributed by atoms with van der Waals surface area (Å²) in [6.45, 7) is 1.24. The summed E-state index contributed by atoms with van der Waals surface area (Å²) < 4.78 is 4.87. The first-order valence-electron chi connectivity index (χ1n) is 22.8. The van der Waals surface area contributed by atoms with Gasteiger partial charge in [0, 0.05) is 63.0 Å². The zero-order valence-corrected chi connectivity index (χ0v) is 36.4. The Kier molecular flexibility index (Phi) is 10.1. The van der Waals surface area contributed by atoms with Gasteiger partial charge in [0.25, 0.3) is 0 Å². The van der Waals surface area contributed by atoms with Crippen LogP contribution in [0.1, 0.15) is 34.2 Å². The van der Waals surface area contributed by atoms with Crippen molar-refractivity contribution < 1.29 is 0 Å². The van der Waals surface area contributed by atoms with E-state index in [-0.39, 0.29) is 0 Å². The van der Waals surface area contributed by atoms with Crippen molar-refractivity contribution in [2.45, 2.75) is 25.9 Å². The van der Waals surface area contributed by atoms with Gasteiger partial charge < -0.3 is 9.13 Å². The first-order chi connectivity index (χ1) is 32.7. The number of benzene rings is 9. The summed E-state index contributed by atoms with van der Waals surface area (Å²) in [5.74, 6) is 2.28. The maximum absolute atomic E-state index is 5.30. The summed E-state index contributed by atoms with van der Waals surface area (Å²) in [4.78, 5) is 15.7. The number of fused-ring (bicyclic) bond motifs is 6. The van der Waals surface area contributed by atoms with Gasteiger partial charge in [0.15, 0.2) is 5.82 Å². The molecule has 0 saturated heterocycles. The molecular weight excluding hydrogens is 803 g/mol. The molecule has 0 aliphatic heterocycles. The fourth-order valence-corrected chi connectivity index (χ4v) is 9.96. The van der Waals surface area contributed by atoms with Gasteiger partial charge in [-0.15, -0.1) is 0 Å². The van der Waals surface area contributed by atoms with E-state index in [0.29, 0.717) is 19.4 Å². The number of hydrogen-bond acceptors (Lipinski definition) is 3. The van der Waals surface area contributed by atoms with Crippen LogP contribution in [0.4, 0.5) is 0 Å². The number of aromatic nitrogens is 5. The highest BCUT2D eigenvalue weighted by molar-refractivity contribution is 6.13. The molecule has 314 valence electrons. The summed E-state index contributed by atoms with van der Waals surface area (Å²) in [5.41, 5.74) is 15.5. The van der Waals surface area contributed by atoms with Gasteiger partial charge in [0.2, 0.25) is 0 Å². The second-order valence-electron chi connectivity index (χ2n) is 17.2. The highest BCUT2D eigenvalue weighted by atomic mass is 15.1. The molecule has 0 saturated carbocycles. The summed E-state index contributed by atoms with van der Waals surface area (Å²) in [5, 5.41) is 4.98. The second kappa shape index (κ2) is 16.9. The zero-order chi connectivity index (χ0) is 43.8. The predicted molar refractivity (Wildman–Crippen MR) is 272 cm³/mol. The molecule has 5 nitrogen and oxygen atoms in total. The molecule has 3 aromatic heterocycles. The summed E-state index contributed by atoms with van der Waals surface area (Å²) >= 11 is 0. The molecule has 0 aliphatic rings. The maximum atomic E-state index is 5.30. The molecular formula is C61H45N5. The second-order valence-corrected chi connectivity index (χ2v) is 17.2. The number of hydrogen-bond donors (Lipinski definition) is 0. The number of para-hydroxylation sites is 4. The van der Waals surface area contributed by atoms with Crippen molar-refractivity contribution in [3.8, 4) is 33.4 Å². The first-order valence-corrected chi connectivity index (χ1v) is 22.8. The smallest absolute Gasteiger partial charge is 0.152 e. The molecule has 3 heterocycles. The van der Waals surface area contributed by atoms with E-state index in [1.165, 1.54) is 82.6 Å². The fourth-order valence-electron chi connectivity index (χ4n) is 9.96. The van der Waals surface area contributed by atoms with Crippen LogP contribution in [0.3, 0.4) is 0 Å². The normalized spacial score (nSPS) is 11.6. The van der Waals surface area contributed by atoms with Crippen molar-refractivity contribution >= 4 is 43.6 Å². The van der Waals surface area contributed by atoms with Gasteiger partial charge in [0.1, 0.15) is 11.6 Å². The molecule has 12 rings (SSSR count). The van der Waals surface area contributed by atoms with Crippen molar-refractivity contribution in [1.29, 1.82) is 0 Å². The molecule has 0 unspecified atom stereocenters. The molecule has 0 N–H and O–H groups in total. The lowest BCUT2D eigenvalue weighted by Gasteiger charge is -2.16. The van der Waals surface area contributed by atoms with Gasteiger partial charge in [-0.1, -0.05) is 200 Å². The van der Waals surface area contributed by atoms with Crippen LogP contribution < -0.4 is 0 Å². The molecule has 0 fully saturated rings. The van der Waals surface area contributed by atoms with Gasteiger partial charge in [-0.25, -0.2) is 15.0 Å². The van der Waals surface area contributed by atoms with Crippen molar-refractivity contribution in [1.82, 2.24) is 24.1 Å². The Balaban J connectivity index is 0.956. The maximum Gasteiger partial charge on any atom is 0.152 e. The average Bonchev–Trinajstić information content (AvgIpc) is 3.87. The molecule has 5 heteroatoms. The van der Waals surface area contributed by atoms with E-state index in [0.717, 1.165) is 35.1 Å². The van der Waals surface area contributed by atoms with E-state index >= 15 is 0 Å². The van der Waals surface area contributed by atoms with Crippen LogP contribution in [-0.2, 0) is 25.9 Å². The van der Waals surface area contributed by atoms with Gasteiger partial charge in [-0.3, -0.25) is 0 Å². The van der Waals surface area contributed by atoms with E-state index in [1.807, 2.05) is 0 Å². The van der Waals surface area contributed by atoms with Crippen LogP contribution in [0.15, 0.2) is 224 Å². The third kappa shape index (κ3) is 7.40. The lowest BCUT2D eigenvalue weighted by Crippen LogP contribution is -2.12. The molecule has 0 spiro atoms. The van der Waals surface area contributed by atoms with Crippen LogP contribution in [0.25, 0.3) is 77.0 Å². The van der Waals surface area contributed by atoms with Crippen LogP contribution in [0.5, 0.6) is 0 Å². The molecule has 0 aliphatic carbocycles. The van der Waals surface area contributed by atoms with Crippen LogP contribution in [-0.4, -0.2) is 24.1 Å². The number of nitrogens with zero attached hydrogens (tertiary/aromatic N) is 5. The first kappa shape index (κ1) is 39.2. The molecule has 9 aromatic carbocycles. The predicted octanol–water partition coefficient (Wildman–Crippen LogP) is 14.4. The highest BCUT2D eigenvalue weighted by Gasteiger charge is 2.19. The van der Waals surface area contributed by atoms with E-state index in [2.05, 4.69) is 234 Å². The lowest BCUT2D eigenvalue weighted by molar-refractivity contribution is 0.732. The van der Waals surface area contributed by atoms with Crippen LogP contribution in [0.2, 0.25) is 0 Å². The zero-order valence-electron chi connectivity index (χ0n) is 36.4. The quantitative estimate of drug-likeness (QED) is 0.130. The monoisotopic (exact) mass is 847 g/mol. The minimum absolute atomic E-state index is 0.504. The molecule has 0 radical (unpaired) electrons. The minimum Gasteiger partial charge on any atom is -0.336 e. The largest absolute Gasteiger partial charge is 0.336 e. The molecule has 66 heavy (non-hydrogen) atoms. The standard InChI is InChI=1S/C61H45N5/c1-4-18-42(19-5-1)37-58-62-59(64-60(63-58)41-66-57-33-15-12-28-52(57)53-30-17-29-49(61(53)66)45-23-8-3-9-24-45)38-43-20-16-25-47(36-43)54-39-46(44-21-6-2-7-22-44)34-35-48(54)40-65-55-31-13-10-26-50(55)51-27-11-14-32-56(51)65/h1-36,39H,37-38,40-41H2. The SMILES string of the molecule is c1ccc(Cc2nc(Cc3cccc(-c4cc(-c5ccccc5)ccc4Cn4c5ccccc5c5ccccc54)c3)nc(Cn3c4ccccc4c4cccc(-c5ccccc5)c43)n2)cc1. The summed E-state index contributed by atoms with van der Waals surface area (Å²) in [6, 6.07) is 80.6. The molecule has 0 bridgehead atoms. The summed E-state index contributed by atoms with van der Waals surface area (Å²) in [6.07, 6.45) is 1.18. The Labute approximate surface area is 384 Å². The molecule has 0 atom stereocenters. The Bertz CT molecular complexity index is 3650. The van der Waals surface area contributed by atoms with Gasteiger partial charge >= 0.3 is 0 Å². The third-order valence-electron chi connectivity index (χ3n) is 13.0. The van der Waals surface area contributed by atoms with Gasteiger partial charge in [0.05, 0.1) is 12.1 Å².